The van der Waals surface area contributed by atoms with Crippen LogP contribution in [0, 0.1) is 5.41 Å². The second kappa shape index (κ2) is 6.15. The van der Waals surface area contributed by atoms with Crippen molar-refractivity contribution in [3.63, 3.8) is 0 Å². The number of carbonyl (C=O) groups is 2. The molecule has 1 N–H and O–H groups in total. The Bertz CT molecular complexity index is 582. The normalized spacial score (nSPS) is 22.1. The molecule has 21 heavy (non-hydrogen) atoms. The monoisotopic (exact) mass is 331 g/mol. The summed E-state index contributed by atoms with van der Waals surface area (Å²) < 4.78 is 0. The largest absolute Gasteiger partial charge is 0.481 e. The van der Waals surface area contributed by atoms with Gasteiger partial charge >= 0.3 is 5.97 Å². The van der Waals surface area contributed by atoms with E-state index < -0.39 is 11.4 Å². The van der Waals surface area contributed by atoms with E-state index in [0.717, 1.165) is 0 Å². The van der Waals surface area contributed by atoms with Gasteiger partial charge in [0.15, 0.2) is 10.3 Å². The second-order valence-electron chi connectivity index (χ2n) is 5.14. The predicted octanol–water partition coefficient (Wildman–Crippen LogP) is 2.50. The van der Waals surface area contributed by atoms with Gasteiger partial charge in [0.2, 0.25) is 0 Å². The molecule has 8 heteroatoms. The number of piperidine rings is 1. The highest BCUT2D eigenvalue weighted by Crippen LogP contribution is 2.34. The van der Waals surface area contributed by atoms with Crippen molar-refractivity contribution in [2.24, 2.45) is 5.41 Å². The fourth-order valence-corrected chi connectivity index (χ4v) is 2.91. The molecule has 1 saturated heterocycles. The maximum absolute atomic E-state index is 12.5. The van der Waals surface area contributed by atoms with Crippen molar-refractivity contribution in [2.45, 2.75) is 26.2 Å². The number of hydrogen-bond donors (Lipinski definition) is 1. The van der Waals surface area contributed by atoms with Crippen LogP contribution >= 0.6 is 23.2 Å². The van der Waals surface area contributed by atoms with Gasteiger partial charge in [-0.2, -0.15) is 0 Å². The molecule has 0 bridgehead atoms. The van der Waals surface area contributed by atoms with Gasteiger partial charge in [-0.1, -0.05) is 30.1 Å². The molecule has 114 valence electrons. The van der Waals surface area contributed by atoms with Gasteiger partial charge in [-0.05, 0) is 25.3 Å². The summed E-state index contributed by atoms with van der Waals surface area (Å²) in [6.07, 6.45) is 1.66. The average molecular weight is 332 g/mol. The summed E-state index contributed by atoms with van der Waals surface area (Å²) in [7, 11) is 0. The molecular weight excluding hydrogens is 317 g/mol. The molecule has 2 rings (SSSR count). The quantitative estimate of drug-likeness (QED) is 0.919. The van der Waals surface area contributed by atoms with Crippen LogP contribution in [0.1, 0.15) is 36.5 Å². The van der Waals surface area contributed by atoms with Crippen molar-refractivity contribution in [3.8, 4) is 0 Å². The highest BCUT2D eigenvalue weighted by Gasteiger charge is 2.42. The maximum atomic E-state index is 12.5. The summed E-state index contributed by atoms with van der Waals surface area (Å²) in [4.78, 5) is 25.5. The Morgan fingerprint density at radius 2 is 2.14 bits per heavy atom. The molecule has 0 saturated carbocycles. The van der Waals surface area contributed by atoms with Crippen molar-refractivity contribution >= 4 is 35.1 Å². The fraction of sp³-hybridized carbons (Fsp3) is 0.538. The van der Waals surface area contributed by atoms with Crippen LogP contribution in [0.4, 0.5) is 0 Å². The Balaban J connectivity index is 2.27. The van der Waals surface area contributed by atoms with E-state index in [1.165, 1.54) is 11.0 Å². The zero-order valence-electron chi connectivity index (χ0n) is 11.5. The van der Waals surface area contributed by atoms with Crippen molar-refractivity contribution in [1.29, 1.82) is 0 Å². The molecule has 0 aliphatic carbocycles. The first-order valence-electron chi connectivity index (χ1n) is 6.61. The lowest BCUT2D eigenvalue weighted by Crippen LogP contribution is -2.49. The molecule has 2 heterocycles. The SMILES string of the molecule is CCC1(C(=O)O)CCCN(C(=O)c2cc(Cl)nnc2Cl)C1. The minimum absolute atomic E-state index is 0.0348. The van der Waals surface area contributed by atoms with E-state index >= 15 is 0 Å². The number of nitrogens with zero attached hydrogens (tertiary/aromatic N) is 3. The van der Waals surface area contributed by atoms with Gasteiger partial charge < -0.3 is 10.0 Å². The van der Waals surface area contributed by atoms with Crippen LogP contribution < -0.4 is 0 Å². The van der Waals surface area contributed by atoms with Crippen LogP contribution in [0.3, 0.4) is 0 Å². The first kappa shape index (κ1) is 16.0. The number of hydrogen-bond acceptors (Lipinski definition) is 4. The smallest absolute Gasteiger partial charge is 0.311 e. The molecule has 1 aromatic rings. The minimum atomic E-state index is -0.898. The van der Waals surface area contributed by atoms with Gasteiger partial charge in [0.05, 0.1) is 11.0 Å². The van der Waals surface area contributed by atoms with Crippen LogP contribution in [-0.2, 0) is 4.79 Å². The first-order valence-corrected chi connectivity index (χ1v) is 7.36. The van der Waals surface area contributed by atoms with Crippen molar-refractivity contribution < 1.29 is 14.7 Å². The van der Waals surface area contributed by atoms with Crippen LogP contribution in [0.5, 0.6) is 0 Å². The zero-order chi connectivity index (χ0) is 15.6. The summed E-state index contributed by atoms with van der Waals surface area (Å²) in [6.45, 7) is 2.47. The zero-order valence-corrected chi connectivity index (χ0v) is 13.0. The van der Waals surface area contributed by atoms with Crippen molar-refractivity contribution in [3.05, 3.63) is 21.9 Å². The summed E-state index contributed by atoms with van der Waals surface area (Å²) in [5, 5.41) is 16.6. The molecule has 1 fully saturated rings. The van der Waals surface area contributed by atoms with E-state index in [1.54, 1.807) is 0 Å². The van der Waals surface area contributed by atoms with Crippen LogP contribution in [0.25, 0.3) is 0 Å². The summed E-state index contributed by atoms with van der Waals surface area (Å²) in [6, 6.07) is 1.35. The van der Waals surface area contributed by atoms with Gasteiger partial charge in [0.1, 0.15) is 0 Å². The van der Waals surface area contributed by atoms with E-state index in [2.05, 4.69) is 10.2 Å². The molecule has 0 radical (unpaired) electrons. The molecule has 0 spiro atoms. The third-order valence-corrected chi connectivity index (χ3v) is 4.41. The minimum Gasteiger partial charge on any atom is -0.481 e. The number of rotatable bonds is 3. The number of aromatic nitrogens is 2. The molecular formula is C13H15Cl2N3O3. The average Bonchev–Trinajstić information content (AvgIpc) is 2.48. The molecule has 1 aliphatic rings. The number of carboxylic acid groups (broad SMARTS) is 1. The lowest BCUT2D eigenvalue weighted by molar-refractivity contribution is -0.152. The summed E-state index contributed by atoms with van der Waals surface area (Å²) >= 11 is 11.6. The number of carboxylic acids is 1. The Morgan fingerprint density at radius 1 is 1.43 bits per heavy atom. The molecule has 1 aliphatic heterocycles. The number of halogens is 2. The Labute approximate surface area is 132 Å². The number of amides is 1. The van der Waals surface area contributed by atoms with Gasteiger partial charge in [-0.25, -0.2) is 0 Å². The van der Waals surface area contributed by atoms with E-state index in [0.29, 0.717) is 25.8 Å². The molecule has 1 aromatic heterocycles. The van der Waals surface area contributed by atoms with Crippen molar-refractivity contribution in [2.75, 3.05) is 13.1 Å². The lowest BCUT2D eigenvalue weighted by Gasteiger charge is -2.39. The first-order chi connectivity index (χ1) is 9.89. The topological polar surface area (TPSA) is 83.4 Å². The van der Waals surface area contributed by atoms with E-state index in [9.17, 15) is 14.7 Å². The summed E-state index contributed by atoms with van der Waals surface area (Å²) in [5.41, 5.74) is -0.751. The Morgan fingerprint density at radius 3 is 2.76 bits per heavy atom. The van der Waals surface area contributed by atoms with Crippen LogP contribution in [0.2, 0.25) is 10.3 Å². The van der Waals surface area contributed by atoms with E-state index in [4.69, 9.17) is 23.2 Å². The molecule has 1 atom stereocenters. The maximum Gasteiger partial charge on any atom is 0.311 e. The van der Waals surface area contributed by atoms with Gasteiger partial charge in [0, 0.05) is 13.1 Å². The number of likely N-dealkylation sites (tertiary alicyclic amines) is 1. The third-order valence-electron chi connectivity index (χ3n) is 3.94. The van der Waals surface area contributed by atoms with Crippen molar-refractivity contribution in [1.82, 2.24) is 15.1 Å². The number of carbonyl (C=O) groups excluding carboxylic acids is 1. The standard InChI is InChI=1S/C13H15Cl2N3O3/c1-2-13(12(20)21)4-3-5-18(7-13)11(19)8-6-9(14)16-17-10(8)15/h6H,2-5,7H2,1H3,(H,20,21). The van der Waals surface area contributed by atoms with Crippen LogP contribution in [-0.4, -0.2) is 45.2 Å². The highest BCUT2D eigenvalue weighted by atomic mass is 35.5. The highest BCUT2D eigenvalue weighted by molar-refractivity contribution is 6.34. The Hall–Kier alpha value is -1.40. The van der Waals surface area contributed by atoms with Gasteiger partial charge in [-0.15, -0.1) is 10.2 Å². The molecule has 6 nitrogen and oxygen atoms in total. The van der Waals surface area contributed by atoms with E-state index in [1.807, 2.05) is 6.92 Å². The third kappa shape index (κ3) is 3.11. The van der Waals surface area contributed by atoms with Gasteiger partial charge in [-0.3, -0.25) is 9.59 Å². The fourth-order valence-electron chi connectivity index (χ4n) is 2.59. The predicted molar refractivity (Wildman–Crippen MR) is 77.5 cm³/mol. The number of aliphatic carboxylic acids is 1. The van der Waals surface area contributed by atoms with Crippen LogP contribution in [0.15, 0.2) is 6.07 Å². The Kier molecular flexibility index (Phi) is 4.68. The lowest BCUT2D eigenvalue weighted by atomic mass is 9.77. The molecule has 1 unspecified atom stereocenters. The summed E-state index contributed by atoms with van der Waals surface area (Å²) in [5.74, 6) is -1.24. The van der Waals surface area contributed by atoms with Gasteiger partial charge in [0.25, 0.3) is 5.91 Å². The molecule has 1 amide bonds. The second-order valence-corrected chi connectivity index (χ2v) is 5.89. The molecule has 0 aromatic carbocycles. The van der Waals surface area contributed by atoms with E-state index in [-0.39, 0.29) is 28.3 Å².